The highest BCUT2D eigenvalue weighted by atomic mass is 79.9. The van der Waals surface area contributed by atoms with E-state index in [1.54, 1.807) is 0 Å². The first-order valence-electron chi connectivity index (χ1n) is 5.16. The van der Waals surface area contributed by atoms with Crippen LogP contribution < -0.4 is 5.32 Å². The van der Waals surface area contributed by atoms with Crippen LogP contribution in [-0.4, -0.2) is 4.98 Å². The normalized spacial score (nSPS) is 9.71. The summed E-state index contributed by atoms with van der Waals surface area (Å²) in [5, 5.41) is 3.22. The van der Waals surface area contributed by atoms with Crippen molar-refractivity contribution in [3.63, 3.8) is 0 Å². The van der Waals surface area contributed by atoms with Crippen molar-refractivity contribution in [3.05, 3.63) is 52.1 Å². The molecule has 0 amide bonds. The van der Waals surface area contributed by atoms with E-state index in [-0.39, 0.29) is 0 Å². The molecule has 1 aromatic heterocycles. The number of hydrogen-bond acceptors (Lipinski definition) is 2. The molecule has 0 saturated carbocycles. The second kappa shape index (κ2) is 5.03. The molecule has 84 valence electrons. The molecule has 2 rings (SSSR count). The van der Waals surface area contributed by atoms with Gasteiger partial charge in [-0.2, -0.15) is 0 Å². The first-order valence-corrected chi connectivity index (χ1v) is 5.95. The number of hydrogen-bond donors (Lipinski definition) is 1. The van der Waals surface area contributed by atoms with E-state index in [1.807, 2.05) is 43.3 Å². The summed E-state index contributed by atoms with van der Waals surface area (Å²) in [6.07, 6.45) is 5.36. The number of aryl methyl sites for hydroxylation is 1. The number of rotatable bonds is 2. The van der Waals surface area contributed by atoms with Crippen molar-refractivity contribution in [2.75, 3.05) is 5.32 Å². The summed E-state index contributed by atoms with van der Waals surface area (Å²) >= 11 is 3.42. The molecular weight excluding hydrogens is 276 g/mol. The third kappa shape index (κ3) is 2.86. The summed E-state index contributed by atoms with van der Waals surface area (Å²) in [6, 6.07) is 11.6. The van der Waals surface area contributed by atoms with Crippen LogP contribution in [0, 0.1) is 19.3 Å². The average molecular weight is 287 g/mol. The monoisotopic (exact) mass is 286 g/mol. The Hall–Kier alpha value is -1.79. The van der Waals surface area contributed by atoms with Crippen LogP contribution >= 0.6 is 15.9 Å². The van der Waals surface area contributed by atoms with Gasteiger partial charge in [-0.3, -0.25) is 0 Å². The summed E-state index contributed by atoms with van der Waals surface area (Å²) in [5.74, 6) is 3.41. The smallest absolute Gasteiger partial charge is 0.130 e. The lowest BCUT2D eigenvalue weighted by molar-refractivity contribution is 1.18. The molecule has 0 atom stereocenters. The van der Waals surface area contributed by atoms with E-state index in [0.29, 0.717) is 0 Å². The molecule has 0 saturated heterocycles. The molecule has 3 heteroatoms. The number of pyridine rings is 1. The molecule has 2 nitrogen and oxygen atoms in total. The maximum atomic E-state index is 5.36. The molecule has 17 heavy (non-hydrogen) atoms. The van der Waals surface area contributed by atoms with Crippen molar-refractivity contribution in [1.82, 2.24) is 4.98 Å². The third-order valence-corrected chi connectivity index (χ3v) is 3.16. The van der Waals surface area contributed by atoms with Crippen LogP contribution in [0.4, 0.5) is 11.5 Å². The quantitative estimate of drug-likeness (QED) is 0.848. The van der Waals surface area contributed by atoms with Crippen molar-refractivity contribution in [1.29, 1.82) is 0 Å². The van der Waals surface area contributed by atoms with Crippen molar-refractivity contribution < 1.29 is 0 Å². The number of nitrogens with one attached hydrogen (secondary N) is 1. The summed E-state index contributed by atoms with van der Waals surface area (Å²) in [5.41, 5.74) is 2.74. The van der Waals surface area contributed by atoms with Crippen LogP contribution in [0.5, 0.6) is 0 Å². The van der Waals surface area contributed by atoms with Crippen LogP contribution in [0.3, 0.4) is 0 Å². The van der Waals surface area contributed by atoms with E-state index in [1.165, 1.54) is 0 Å². The Morgan fingerprint density at radius 1 is 1.29 bits per heavy atom. The van der Waals surface area contributed by atoms with Crippen molar-refractivity contribution in [2.24, 2.45) is 0 Å². The highest BCUT2D eigenvalue weighted by molar-refractivity contribution is 9.10. The molecule has 1 heterocycles. The molecule has 0 unspecified atom stereocenters. The van der Waals surface area contributed by atoms with Gasteiger partial charge in [0.2, 0.25) is 0 Å². The van der Waals surface area contributed by atoms with Gasteiger partial charge < -0.3 is 5.32 Å². The van der Waals surface area contributed by atoms with Gasteiger partial charge in [0.25, 0.3) is 0 Å². The molecule has 1 N–H and O–H groups in total. The highest BCUT2D eigenvalue weighted by Crippen LogP contribution is 2.20. The molecule has 0 aliphatic carbocycles. The van der Waals surface area contributed by atoms with Gasteiger partial charge in [-0.1, -0.05) is 12.0 Å². The maximum Gasteiger partial charge on any atom is 0.130 e. The molecule has 0 fully saturated rings. The molecule has 0 aliphatic rings. The van der Waals surface area contributed by atoms with Crippen molar-refractivity contribution >= 4 is 27.4 Å². The Labute approximate surface area is 109 Å². The Kier molecular flexibility index (Phi) is 3.46. The van der Waals surface area contributed by atoms with E-state index in [9.17, 15) is 0 Å². The van der Waals surface area contributed by atoms with E-state index in [4.69, 9.17) is 6.42 Å². The first-order chi connectivity index (χ1) is 8.19. The zero-order valence-corrected chi connectivity index (χ0v) is 11.0. The lowest BCUT2D eigenvalue weighted by atomic mass is 10.2. The van der Waals surface area contributed by atoms with Crippen LogP contribution in [-0.2, 0) is 0 Å². The van der Waals surface area contributed by atoms with Gasteiger partial charge in [-0.15, -0.1) is 6.42 Å². The van der Waals surface area contributed by atoms with E-state index in [2.05, 4.69) is 32.2 Å². The zero-order valence-electron chi connectivity index (χ0n) is 9.37. The van der Waals surface area contributed by atoms with Gasteiger partial charge in [0, 0.05) is 15.7 Å². The molecule has 0 radical (unpaired) electrons. The summed E-state index contributed by atoms with van der Waals surface area (Å²) in [6.45, 7) is 1.95. The van der Waals surface area contributed by atoms with Crippen molar-refractivity contribution in [3.8, 4) is 12.3 Å². The van der Waals surface area contributed by atoms with Gasteiger partial charge in [-0.25, -0.2) is 4.98 Å². The van der Waals surface area contributed by atoms with Crippen LogP contribution in [0.25, 0.3) is 0 Å². The fourth-order valence-corrected chi connectivity index (χ4v) is 1.67. The second-order valence-corrected chi connectivity index (χ2v) is 4.47. The molecule has 0 aliphatic heterocycles. The summed E-state index contributed by atoms with van der Waals surface area (Å²) < 4.78 is 1.00. The zero-order chi connectivity index (χ0) is 12.3. The highest BCUT2D eigenvalue weighted by Gasteiger charge is 2.00. The topological polar surface area (TPSA) is 24.9 Å². The molecule has 0 bridgehead atoms. The second-order valence-electron chi connectivity index (χ2n) is 3.61. The van der Waals surface area contributed by atoms with Gasteiger partial charge in [0.05, 0.1) is 5.69 Å². The Morgan fingerprint density at radius 3 is 2.82 bits per heavy atom. The predicted molar refractivity (Wildman–Crippen MR) is 74.3 cm³/mol. The van der Waals surface area contributed by atoms with Crippen LogP contribution in [0.1, 0.15) is 11.3 Å². The van der Waals surface area contributed by atoms with Crippen LogP contribution in [0.15, 0.2) is 40.9 Å². The van der Waals surface area contributed by atoms with Gasteiger partial charge in [0.15, 0.2) is 0 Å². The van der Waals surface area contributed by atoms with E-state index in [0.717, 1.165) is 27.2 Å². The van der Waals surface area contributed by atoms with Gasteiger partial charge in [-0.05, 0) is 53.2 Å². The van der Waals surface area contributed by atoms with Crippen LogP contribution in [0.2, 0.25) is 0 Å². The Morgan fingerprint density at radius 2 is 2.12 bits per heavy atom. The largest absolute Gasteiger partial charge is 0.340 e. The fourth-order valence-electron chi connectivity index (χ4n) is 1.45. The number of halogens is 1. The van der Waals surface area contributed by atoms with Gasteiger partial charge >= 0.3 is 0 Å². The van der Waals surface area contributed by atoms with Crippen molar-refractivity contribution in [2.45, 2.75) is 6.92 Å². The van der Waals surface area contributed by atoms with Gasteiger partial charge in [0.1, 0.15) is 5.82 Å². The summed E-state index contributed by atoms with van der Waals surface area (Å²) in [7, 11) is 0. The minimum atomic E-state index is 0.805. The maximum absolute atomic E-state index is 5.36. The number of terminal acetylenes is 1. The number of aromatic nitrogens is 1. The molecule has 2 aromatic rings. The Bertz CT molecular complexity index is 585. The standard InChI is InChI=1S/C14H11BrN2/c1-3-11-5-4-6-12(9-11)17-14-8-7-13(15)10(2)16-14/h1,4-9H,2H3,(H,16,17). The lowest BCUT2D eigenvalue weighted by Gasteiger charge is -2.07. The third-order valence-electron chi connectivity index (χ3n) is 2.32. The average Bonchev–Trinajstić information content (AvgIpc) is 2.34. The molecule has 1 aromatic carbocycles. The molecular formula is C14H11BrN2. The minimum absolute atomic E-state index is 0.805. The lowest BCUT2D eigenvalue weighted by Crippen LogP contribution is -1.95. The van der Waals surface area contributed by atoms with E-state index >= 15 is 0 Å². The SMILES string of the molecule is C#Cc1cccc(Nc2ccc(Br)c(C)n2)c1. The first kappa shape index (κ1) is 11.7. The Balaban J connectivity index is 2.25. The number of nitrogens with zero attached hydrogens (tertiary/aromatic N) is 1. The predicted octanol–water partition coefficient (Wildman–Crippen LogP) is 3.88. The number of benzene rings is 1. The number of anilines is 2. The fraction of sp³-hybridized carbons (Fsp3) is 0.0714. The summed E-state index contributed by atoms with van der Waals surface area (Å²) in [4.78, 5) is 4.41. The van der Waals surface area contributed by atoms with E-state index < -0.39 is 0 Å². The minimum Gasteiger partial charge on any atom is -0.340 e. The molecule has 0 spiro atoms.